The summed E-state index contributed by atoms with van der Waals surface area (Å²) < 4.78 is 0. The summed E-state index contributed by atoms with van der Waals surface area (Å²) in [4.78, 5) is 6.35. The largest absolute Gasteiger partial charge is 0.290 e. The molecular formula is C22H21NO. The molecule has 2 atom stereocenters. The van der Waals surface area contributed by atoms with Crippen molar-refractivity contribution in [1.82, 2.24) is 5.06 Å². The van der Waals surface area contributed by atoms with Crippen molar-refractivity contribution in [2.45, 2.75) is 25.1 Å². The van der Waals surface area contributed by atoms with Gasteiger partial charge in [0.25, 0.3) is 0 Å². The van der Waals surface area contributed by atoms with Gasteiger partial charge in [-0.3, -0.25) is 4.84 Å². The van der Waals surface area contributed by atoms with Crippen molar-refractivity contribution in [2.24, 2.45) is 0 Å². The van der Waals surface area contributed by atoms with Crippen molar-refractivity contribution in [3.63, 3.8) is 0 Å². The van der Waals surface area contributed by atoms with E-state index in [-0.39, 0.29) is 12.1 Å². The number of benzene rings is 3. The number of rotatable bonds is 4. The first-order valence-electron chi connectivity index (χ1n) is 8.47. The summed E-state index contributed by atoms with van der Waals surface area (Å²) in [5.74, 6) is 0. The minimum Gasteiger partial charge on any atom is -0.290 e. The maximum atomic E-state index is 6.35. The quantitative estimate of drug-likeness (QED) is 0.647. The number of hydrogen-bond donors (Lipinski definition) is 0. The summed E-state index contributed by atoms with van der Waals surface area (Å²) in [5, 5.41) is 2.14. The van der Waals surface area contributed by atoms with Crippen LogP contribution in [0.5, 0.6) is 0 Å². The first-order chi connectivity index (χ1) is 11.9. The van der Waals surface area contributed by atoms with Crippen LogP contribution in [0.2, 0.25) is 0 Å². The van der Waals surface area contributed by atoms with Gasteiger partial charge in [-0.05, 0) is 16.7 Å². The Morgan fingerprint density at radius 3 is 1.88 bits per heavy atom. The molecule has 4 rings (SSSR count). The third kappa shape index (κ3) is 3.25. The van der Waals surface area contributed by atoms with E-state index in [1.54, 1.807) is 0 Å². The van der Waals surface area contributed by atoms with Crippen molar-refractivity contribution >= 4 is 0 Å². The number of nitrogens with zero attached hydrogens (tertiary/aromatic N) is 1. The third-order valence-electron chi connectivity index (χ3n) is 4.58. The Kier molecular flexibility index (Phi) is 4.41. The van der Waals surface area contributed by atoms with Crippen LogP contribution in [-0.4, -0.2) is 5.06 Å². The summed E-state index contributed by atoms with van der Waals surface area (Å²) >= 11 is 0. The number of hydrogen-bond acceptors (Lipinski definition) is 2. The van der Waals surface area contributed by atoms with Crippen molar-refractivity contribution in [1.29, 1.82) is 0 Å². The molecule has 1 aliphatic rings. The second-order valence-corrected chi connectivity index (χ2v) is 6.23. The SMILES string of the molecule is c1ccc(CN2O[C@@H](c3ccccc3)C[C@@H]2c2ccccc2)cc1. The molecule has 1 aliphatic heterocycles. The molecule has 0 aromatic heterocycles. The van der Waals surface area contributed by atoms with Crippen molar-refractivity contribution in [2.75, 3.05) is 0 Å². The van der Waals surface area contributed by atoms with Crippen LogP contribution in [0.15, 0.2) is 91.0 Å². The maximum absolute atomic E-state index is 6.35. The first kappa shape index (κ1) is 15.1. The molecule has 0 bridgehead atoms. The molecule has 0 radical (unpaired) electrons. The zero-order valence-corrected chi connectivity index (χ0v) is 13.6. The van der Waals surface area contributed by atoms with E-state index in [0.29, 0.717) is 0 Å². The lowest BCUT2D eigenvalue weighted by atomic mass is 9.98. The van der Waals surface area contributed by atoms with Crippen molar-refractivity contribution in [3.8, 4) is 0 Å². The van der Waals surface area contributed by atoms with E-state index in [9.17, 15) is 0 Å². The lowest BCUT2D eigenvalue weighted by Crippen LogP contribution is -2.21. The van der Waals surface area contributed by atoms with Crippen LogP contribution in [-0.2, 0) is 11.4 Å². The second kappa shape index (κ2) is 7.00. The molecule has 0 unspecified atom stereocenters. The van der Waals surface area contributed by atoms with Crippen LogP contribution in [0.25, 0.3) is 0 Å². The average Bonchev–Trinajstić information content (AvgIpc) is 3.08. The second-order valence-electron chi connectivity index (χ2n) is 6.23. The van der Waals surface area contributed by atoms with Crippen LogP contribution in [0.4, 0.5) is 0 Å². The topological polar surface area (TPSA) is 12.5 Å². The fraction of sp³-hybridized carbons (Fsp3) is 0.182. The van der Waals surface area contributed by atoms with Gasteiger partial charge in [-0.15, -0.1) is 0 Å². The van der Waals surface area contributed by atoms with E-state index in [4.69, 9.17) is 4.84 Å². The summed E-state index contributed by atoms with van der Waals surface area (Å²) in [7, 11) is 0. The van der Waals surface area contributed by atoms with Crippen LogP contribution >= 0.6 is 0 Å². The zero-order chi connectivity index (χ0) is 16.2. The van der Waals surface area contributed by atoms with E-state index in [1.807, 2.05) is 0 Å². The molecule has 3 aromatic carbocycles. The van der Waals surface area contributed by atoms with Gasteiger partial charge in [-0.2, -0.15) is 5.06 Å². The van der Waals surface area contributed by atoms with Gasteiger partial charge in [0.05, 0.1) is 6.04 Å². The molecule has 0 aliphatic carbocycles. The van der Waals surface area contributed by atoms with E-state index in [1.165, 1.54) is 16.7 Å². The van der Waals surface area contributed by atoms with E-state index in [2.05, 4.69) is 96.1 Å². The van der Waals surface area contributed by atoms with Gasteiger partial charge >= 0.3 is 0 Å². The smallest absolute Gasteiger partial charge is 0.106 e. The highest BCUT2D eigenvalue weighted by Crippen LogP contribution is 2.42. The average molecular weight is 315 g/mol. The Balaban J connectivity index is 1.61. The lowest BCUT2D eigenvalue weighted by Gasteiger charge is -2.23. The molecule has 0 spiro atoms. The molecule has 1 heterocycles. The van der Waals surface area contributed by atoms with Crippen LogP contribution in [0.3, 0.4) is 0 Å². The van der Waals surface area contributed by atoms with E-state index < -0.39 is 0 Å². The molecule has 0 saturated carbocycles. The van der Waals surface area contributed by atoms with Gasteiger partial charge in [0.1, 0.15) is 6.10 Å². The van der Waals surface area contributed by atoms with Gasteiger partial charge in [0.15, 0.2) is 0 Å². The minimum absolute atomic E-state index is 0.111. The Morgan fingerprint density at radius 2 is 1.25 bits per heavy atom. The maximum Gasteiger partial charge on any atom is 0.106 e. The summed E-state index contributed by atoms with van der Waals surface area (Å²) in [6, 6.07) is 32.0. The van der Waals surface area contributed by atoms with Gasteiger partial charge in [0.2, 0.25) is 0 Å². The fourth-order valence-electron chi connectivity index (χ4n) is 3.35. The third-order valence-corrected chi connectivity index (χ3v) is 4.58. The summed E-state index contributed by atoms with van der Waals surface area (Å²) in [6.45, 7) is 0.795. The molecule has 0 amide bonds. The Bertz CT molecular complexity index is 758. The monoisotopic (exact) mass is 315 g/mol. The molecule has 2 heteroatoms. The highest BCUT2D eigenvalue weighted by atomic mass is 16.7. The molecular weight excluding hydrogens is 294 g/mol. The van der Waals surface area contributed by atoms with Gasteiger partial charge in [-0.1, -0.05) is 91.0 Å². The van der Waals surface area contributed by atoms with Crippen LogP contribution in [0, 0.1) is 0 Å². The first-order valence-corrected chi connectivity index (χ1v) is 8.47. The Morgan fingerprint density at radius 1 is 0.708 bits per heavy atom. The van der Waals surface area contributed by atoms with Gasteiger partial charge < -0.3 is 0 Å². The number of hydroxylamine groups is 2. The van der Waals surface area contributed by atoms with Crippen LogP contribution < -0.4 is 0 Å². The van der Waals surface area contributed by atoms with Gasteiger partial charge in [0, 0.05) is 13.0 Å². The molecule has 1 fully saturated rings. The van der Waals surface area contributed by atoms with Crippen LogP contribution in [0.1, 0.15) is 35.3 Å². The molecule has 0 N–H and O–H groups in total. The summed E-state index contributed by atoms with van der Waals surface area (Å²) in [6.07, 6.45) is 1.08. The predicted molar refractivity (Wildman–Crippen MR) is 96.1 cm³/mol. The molecule has 1 saturated heterocycles. The Hall–Kier alpha value is -2.42. The molecule has 3 aromatic rings. The van der Waals surface area contributed by atoms with Gasteiger partial charge in [-0.25, -0.2) is 0 Å². The highest BCUT2D eigenvalue weighted by molar-refractivity contribution is 5.24. The predicted octanol–water partition coefficient (Wildman–Crippen LogP) is 5.31. The van der Waals surface area contributed by atoms with Crippen molar-refractivity contribution in [3.05, 3.63) is 108 Å². The Labute approximate surface area is 143 Å². The fourth-order valence-corrected chi connectivity index (χ4v) is 3.35. The highest BCUT2D eigenvalue weighted by Gasteiger charge is 2.35. The van der Waals surface area contributed by atoms with Crippen molar-refractivity contribution < 1.29 is 4.84 Å². The minimum atomic E-state index is 0.111. The zero-order valence-electron chi connectivity index (χ0n) is 13.6. The van der Waals surface area contributed by atoms with E-state index >= 15 is 0 Å². The van der Waals surface area contributed by atoms with E-state index in [0.717, 1.165) is 13.0 Å². The summed E-state index contributed by atoms with van der Waals surface area (Å²) in [5.41, 5.74) is 3.83. The standard InChI is InChI=1S/C22H21NO/c1-4-10-18(11-5-1)17-23-21(19-12-6-2-7-13-19)16-22(24-23)20-14-8-3-9-15-20/h1-15,21-22H,16-17H2/t21-,22-/m1/s1. The molecule has 24 heavy (non-hydrogen) atoms. The molecule has 2 nitrogen and oxygen atoms in total. The molecule has 120 valence electrons. The lowest BCUT2D eigenvalue weighted by molar-refractivity contribution is -0.172. The normalized spacial score (nSPS) is 21.0.